The van der Waals surface area contributed by atoms with Gasteiger partial charge in [0.1, 0.15) is 11.7 Å². The van der Waals surface area contributed by atoms with Crippen molar-refractivity contribution < 1.29 is 19.7 Å². The zero-order valence-corrected chi connectivity index (χ0v) is 10.3. The number of aliphatic hydroxyl groups is 2. The number of fused-ring (bicyclic) bond motifs is 3. The Balaban J connectivity index is 1.96. The molecule has 104 valence electrons. The number of aromatic nitrogens is 2. The van der Waals surface area contributed by atoms with Gasteiger partial charge in [0.2, 0.25) is 0 Å². The fourth-order valence-electron chi connectivity index (χ4n) is 2.70. The van der Waals surface area contributed by atoms with Crippen molar-refractivity contribution in [1.29, 1.82) is 0 Å². The Morgan fingerprint density at radius 2 is 2.42 bits per heavy atom. The van der Waals surface area contributed by atoms with Crippen LogP contribution in [-0.2, 0) is 11.2 Å². The maximum Gasteiger partial charge on any atom is 0.347 e. The lowest BCUT2D eigenvalue weighted by molar-refractivity contribution is -0.119. The Bertz CT molecular complexity index is 531. The van der Waals surface area contributed by atoms with E-state index in [1.165, 1.54) is 6.20 Å². The Morgan fingerprint density at radius 3 is 3.21 bits per heavy atom. The van der Waals surface area contributed by atoms with Crippen molar-refractivity contribution in [2.45, 2.75) is 37.1 Å². The molecule has 3 unspecified atom stereocenters. The lowest BCUT2D eigenvalue weighted by Gasteiger charge is -2.30. The second-order valence-corrected chi connectivity index (χ2v) is 5.08. The highest BCUT2D eigenvalue weighted by Crippen LogP contribution is 2.35. The van der Waals surface area contributed by atoms with Crippen molar-refractivity contribution in [3.63, 3.8) is 0 Å². The number of nitrogens with zero attached hydrogens (tertiary/aromatic N) is 1. The van der Waals surface area contributed by atoms with Crippen LogP contribution in [0.1, 0.15) is 18.4 Å². The van der Waals surface area contributed by atoms with E-state index in [1.54, 1.807) is 0 Å². The Hall–Kier alpha value is -1.44. The van der Waals surface area contributed by atoms with Gasteiger partial charge in [0.15, 0.2) is 5.88 Å². The lowest BCUT2D eigenvalue weighted by Crippen LogP contribution is -2.45. The van der Waals surface area contributed by atoms with Crippen molar-refractivity contribution in [1.82, 2.24) is 9.97 Å². The zero-order valence-electron chi connectivity index (χ0n) is 10.3. The number of H-pyrrole nitrogens is 1. The van der Waals surface area contributed by atoms with Gasteiger partial charge >= 0.3 is 5.69 Å². The van der Waals surface area contributed by atoms with E-state index in [4.69, 9.17) is 9.47 Å². The third-order valence-electron chi connectivity index (χ3n) is 3.83. The first kappa shape index (κ1) is 12.6. The molecular weight excluding hydrogens is 252 g/mol. The second-order valence-electron chi connectivity index (χ2n) is 5.08. The SMILES string of the molecule is O=c1ncc2c([nH]1)OC1COC(CO)(C1)C(O)CC2. The van der Waals surface area contributed by atoms with Crippen LogP contribution in [0.4, 0.5) is 0 Å². The molecule has 7 heteroatoms. The van der Waals surface area contributed by atoms with Gasteiger partial charge in [-0.15, -0.1) is 0 Å². The third-order valence-corrected chi connectivity index (χ3v) is 3.83. The molecule has 0 aromatic carbocycles. The molecule has 0 radical (unpaired) electrons. The van der Waals surface area contributed by atoms with Crippen LogP contribution in [0.3, 0.4) is 0 Å². The Labute approximate surface area is 109 Å². The van der Waals surface area contributed by atoms with E-state index >= 15 is 0 Å². The van der Waals surface area contributed by atoms with Gasteiger partial charge in [-0.3, -0.25) is 4.98 Å². The first-order valence-electron chi connectivity index (χ1n) is 6.31. The number of aromatic amines is 1. The van der Waals surface area contributed by atoms with Gasteiger partial charge in [0.25, 0.3) is 0 Å². The van der Waals surface area contributed by atoms with E-state index in [0.29, 0.717) is 25.1 Å². The van der Waals surface area contributed by atoms with E-state index in [2.05, 4.69) is 9.97 Å². The molecule has 0 aliphatic carbocycles. The molecule has 0 amide bonds. The Kier molecular flexibility index (Phi) is 3.04. The smallest absolute Gasteiger partial charge is 0.347 e. The van der Waals surface area contributed by atoms with Crippen LogP contribution in [-0.4, -0.2) is 51.2 Å². The molecule has 2 aliphatic rings. The number of rotatable bonds is 1. The molecule has 3 atom stereocenters. The minimum atomic E-state index is -0.958. The first-order chi connectivity index (χ1) is 9.13. The van der Waals surface area contributed by atoms with E-state index in [1.807, 2.05) is 0 Å². The molecule has 2 aliphatic heterocycles. The number of hydrogen-bond donors (Lipinski definition) is 3. The quantitative estimate of drug-likeness (QED) is 0.602. The summed E-state index contributed by atoms with van der Waals surface area (Å²) in [6, 6.07) is 0. The molecule has 19 heavy (non-hydrogen) atoms. The summed E-state index contributed by atoms with van der Waals surface area (Å²) in [6.45, 7) is 0.0283. The van der Waals surface area contributed by atoms with Crippen molar-refractivity contribution in [2.24, 2.45) is 0 Å². The van der Waals surface area contributed by atoms with E-state index in [9.17, 15) is 15.0 Å². The summed E-state index contributed by atoms with van der Waals surface area (Å²) in [6.07, 6.45) is 1.71. The molecule has 3 heterocycles. The van der Waals surface area contributed by atoms with Crippen molar-refractivity contribution in [2.75, 3.05) is 13.2 Å². The molecule has 1 aromatic heterocycles. The van der Waals surface area contributed by atoms with Gasteiger partial charge in [0, 0.05) is 18.2 Å². The molecule has 0 spiro atoms. The minimum absolute atomic E-state index is 0.251. The van der Waals surface area contributed by atoms with Crippen LogP contribution in [0.2, 0.25) is 0 Å². The van der Waals surface area contributed by atoms with Gasteiger partial charge < -0.3 is 19.7 Å². The minimum Gasteiger partial charge on any atom is -0.473 e. The highest BCUT2D eigenvalue weighted by molar-refractivity contribution is 5.24. The largest absolute Gasteiger partial charge is 0.473 e. The average Bonchev–Trinajstić information content (AvgIpc) is 2.83. The summed E-state index contributed by atoms with van der Waals surface area (Å²) < 4.78 is 11.3. The first-order valence-corrected chi connectivity index (χ1v) is 6.31. The number of aryl methyl sites for hydroxylation is 1. The molecule has 2 bridgehead atoms. The van der Waals surface area contributed by atoms with Crippen molar-refractivity contribution in [3.8, 4) is 5.88 Å². The molecular formula is C12H16N2O5. The second kappa shape index (κ2) is 4.59. The summed E-state index contributed by atoms with van der Waals surface area (Å²) in [5.41, 5.74) is -0.675. The monoisotopic (exact) mass is 268 g/mol. The fraction of sp³-hybridized carbons (Fsp3) is 0.667. The summed E-state index contributed by atoms with van der Waals surface area (Å²) in [4.78, 5) is 17.5. The van der Waals surface area contributed by atoms with E-state index < -0.39 is 17.4 Å². The topological polar surface area (TPSA) is 105 Å². The number of nitrogens with one attached hydrogen (secondary N) is 1. The maximum atomic E-state index is 11.2. The molecule has 1 fully saturated rings. The van der Waals surface area contributed by atoms with Crippen molar-refractivity contribution >= 4 is 0 Å². The van der Waals surface area contributed by atoms with Crippen LogP contribution in [0, 0.1) is 0 Å². The number of ether oxygens (including phenoxy) is 2. The predicted octanol–water partition coefficient (Wildman–Crippen LogP) is -1.02. The van der Waals surface area contributed by atoms with Crippen LogP contribution in [0.5, 0.6) is 5.88 Å². The highest BCUT2D eigenvalue weighted by Gasteiger charge is 2.47. The lowest BCUT2D eigenvalue weighted by atomic mass is 9.90. The molecule has 1 saturated heterocycles. The van der Waals surface area contributed by atoms with E-state index in [0.717, 1.165) is 5.56 Å². The molecule has 7 nitrogen and oxygen atoms in total. The van der Waals surface area contributed by atoms with Crippen LogP contribution in [0.25, 0.3) is 0 Å². The molecule has 3 N–H and O–H groups in total. The maximum absolute atomic E-state index is 11.2. The van der Waals surface area contributed by atoms with Gasteiger partial charge in [-0.2, -0.15) is 0 Å². The van der Waals surface area contributed by atoms with Gasteiger partial charge in [-0.25, -0.2) is 9.78 Å². The zero-order chi connectivity index (χ0) is 13.5. The normalized spacial score (nSPS) is 33.8. The summed E-state index contributed by atoms with van der Waals surface area (Å²) in [5.74, 6) is 0.386. The van der Waals surface area contributed by atoms with E-state index in [-0.39, 0.29) is 19.3 Å². The van der Waals surface area contributed by atoms with Gasteiger partial charge in [0.05, 0.1) is 19.3 Å². The summed E-state index contributed by atoms with van der Waals surface area (Å²) in [7, 11) is 0. The standard InChI is InChI=1S/C12H16N2O5/c15-6-12-3-8(5-18-12)19-10-7(1-2-9(12)16)4-13-11(17)14-10/h4,8-9,15-16H,1-3,5-6H2,(H,13,14,17). The average molecular weight is 268 g/mol. The fourth-order valence-corrected chi connectivity index (χ4v) is 2.70. The Morgan fingerprint density at radius 1 is 1.58 bits per heavy atom. The van der Waals surface area contributed by atoms with Crippen LogP contribution in [0.15, 0.2) is 11.0 Å². The highest BCUT2D eigenvalue weighted by atomic mass is 16.6. The molecule has 3 rings (SSSR count). The van der Waals surface area contributed by atoms with Crippen LogP contribution < -0.4 is 10.4 Å². The van der Waals surface area contributed by atoms with Gasteiger partial charge in [-0.05, 0) is 12.8 Å². The van der Waals surface area contributed by atoms with Crippen molar-refractivity contribution in [3.05, 3.63) is 22.2 Å². The third kappa shape index (κ3) is 2.13. The molecule has 1 aromatic rings. The summed E-state index contributed by atoms with van der Waals surface area (Å²) >= 11 is 0. The summed E-state index contributed by atoms with van der Waals surface area (Å²) in [5, 5.41) is 19.7. The van der Waals surface area contributed by atoms with Crippen LogP contribution >= 0.6 is 0 Å². The molecule has 0 saturated carbocycles. The predicted molar refractivity (Wildman–Crippen MR) is 64.0 cm³/mol. The van der Waals surface area contributed by atoms with Gasteiger partial charge in [-0.1, -0.05) is 0 Å². The number of aliphatic hydroxyl groups excluding tert-OH is 2. The number of hydrogen-bond acceptors (Lipinski definition) is 6.